The number of hydrogen-bond donors (Lipinski definition) is 4. The van der Waals surface area contributed by atoms with Gasteiger partial charge < -0.3 is 15.2 Å². The van der Waals surface area contributed by atoms with Crippen molar-refractivity contribution in [2.45, 2.75) is 10.9 Å². The van der Waals surface area contributed by atoms with E-state index in [1.54, 1.807) is 0 Å². The summed E-state index contributed by atoms with van der Waals surface area (Å²) in [5, 5.41) is 10.6. The molecule has 0 aromatic rings. The molecule has 0 saturated heterocycles. The van der Waals surface area contributed by atoms with Crippen LogP contribution in [-0.2, 0) is 14.3 Å². The van der Waals surface area contributed by atoms with E-state index < -0.39 is 22.7 Å². The quantitative estimate of drug-likeness (QED) is 0.368. The number of carbonyl (C=O) groups excluding carboxylic acids is 1. The molecule has 5 nitrogen and oxygen atoms in total. The number of carbonyl (C=O) groups is 2. The van der Waals surface area contributed by atoms with Crippen molar-refractivity contribution < 1.29 is 19.4 Å². The van der Waals surface area contributed by atoms with Crippen LogP contribution in [-0.4, -0.2) is 34.9 Å². The second-order valence-corrected chi connectivity index (χ2v) is 2.73. The third kappa shape index (κ3) is 3.84. The maximum atomic E-state index is 10.7. The van der Waals surface area contributed by atoms with E-state index in [0.717, 1.165) is 0 Å². The van der Waals surface area contributed by atoms with Crippen LogP contribution in [0.4, 0.5) is 0 Å². The lowest BCUT2D eigenvalue weighted by molar-refractivity contribution is -0.146. The fraction of sp³-hybridized carbons (Fsp3) is 0.600. The first-order valence-electron chi connectivity index (χ1n) is 2.95. The molecule has 12 heavy (non-hydrogen) atoms. The third-order valence-corrected chi connectivity index (χ3v) is 1.64. The molecule has 2 unspecified atom stereocenters. The molecule has 1 amide bonds. The molecule has 70 valence electrons. The van der Waals surface area contributed by atoms with Crippen molar-refractivity contribution in [3.63, 3.8) is 0 Å². The highest BCUT2D eigenvalue weighted by atomic mass is 32.1. The number of carboxylic acid groups (broad SMARTS) is 1. The van der Waals surface area contributed by atoms with Gasteiger partial charge in [-0.15, -0.1) is 25.3 Å². The molecule has 2 N–H and O–H groups in total. The van der Waals surface area contributed by atoms with Crippen LogP contribution in [0.25, 0.3) is 0 Å². The van der Waals surface area contributed by atoms with Crippen molar-refractivity contribution >= 4 is 37.1 Å². The first kappa shape index (κ1) is 11.6. The molecule has 0 radical (unpaired) electrons. The maximum absolute atomic E-state index is 10.7. The lowest BCUT2D eigenvalue weighted by Crippen LogP contribution is -2.34. The van der Waals surface area contributed by atoms with Crippen LogP contribution in [0.5, 0.6) is 0 Å². The Balaban J connectivity index is 3.91. The first-order valence-corrected chi connectivity index (χ1v) is 3.98. The number of hydrogen-bond acceptors (Lipinski definition) is 5. The van der Waals surface area contributed by atoms with Gasteiger partial charge in [0.1, 0.15) is 0 Å². The summed E-state index contributed by atoms with van der Waals surface area (Å²) in [6.45, 7) is 0. The zero-order chi connectivity index (χ0) is 9.72. The molecule has 0 aromatic carbocycles. The van der Waals surface area contributed by atoms with Crippen LogP contribution in [0.15, 0.2) is 0 Å². The summed E-state index contributed by atoms with van der Waals surface area (Å²) in [6, 6.07) is 0. The topological polar surface area (TPSA) is 75.6 Å². The Bertz CT molecular complexity index is 186. The zero-order valence-electron chi connectivity index (χ0n) is 6.22. The minimum Gasteiger partial charge on any atom is -0.479 e. The summed E-state index contributed by atoms with van der Waals surface area (Å²) in [5.74, 6) is -1.78. The van der Waals surface area contributed by atoms with Gasteiger partial charge in [0.25, 0.3) is 5.91 Å². The number of ether oxygens (including phenoxy) is 1. The average Bonchev–Trinajstić information content (AvgIpc) is 2.02. The van der Waals surface area contributed by atoms with E-state index in [0.29, 0.717) is 0 Å². The minimum atomic E-state index is -1.34. The van der Waals surface area contributed by atoms with Gasteiger partial charge in [-0.3, -0.25) is 4.79 Å². The van der Waals surface area contributed by atoms with Crippen LogP contribution in [0.3, 0.4) is 0 Å². The van der Waals surface area contributed by atoms with Gasteiger partial charge in [-0.2, -0.15) is 0 Å². The summed E-state index contributed by atoms with van der Waals surface area (Å²) in [4.78, 5) is 20.9. The number of aliphatic carboxylic acids is 1. The molecule has 7 heteroatoms. The summed E-state index contributed by atoms with van der Waals surface area (Å²) < 4.78 is 4.58. The van der Waals surface area contributed by atoms with Crippen LogP contribution in [0.1, 0.15) is 0 Å². The largest absolute Gasteiger partial charge is 0.479 e. The van der Waals surface area contributed by atoms with Crippen LogP contribution in [0.2, 0.25) is 0 Å². The van der Waals surface area contributed by atoms with Gasteiger partial charge in [0, 0.05) is 7.05 Å². The molecule has 0 heterocycles. The normalized spacial score (nSPS) is 14.9. The molecule has 0 aliphatic heterocycles. The molecule has 0 saturated carbocycles. The predicted molar refractivity (Wildman–Crippen MR) is 48.3 cm³/mol. The van der Waals surface area contributed by atoms with Gasteiger partial charge in [-0.25, -0.2) is 4.79 Å². The molecule has 0 aliphatic rings. The smallest absolute Gasteiger partial charge is 0.343 e. The molecule has 0 aromatic heterocycles. The van der Waals surface area contributed by atoms with Crippen molar-refractivity contribution in [2.24, 2.45) is 0 Å². The van der Waals surface area contributed by atoms with Gasteiger partial charge in [-0.05, 0) is 0 Å². The van der Waals surface area contributed by atoms with Crippen molar-refractivity contribution in [1.29, 1.82) is 0 Å². The van der Waals surface area contributed by atoms with Crippen LogP contribution in [0, 0.1) is 0 Å². The van der Waals surface area contributed by atoms with Gasteiger partial charge in [-0.1, -0.05) is 0 Å². The van der Waals surface area contributed by atoms with E-state index in [1.807, 2.05) is 0 Å². The van der Waals surface area contributed by atoms with Gasteiger partial charge in [0.15, 0.2) is 10.9 Å². The van der Waals surface area contributed by atoms with Crippen molar-refractivity contribution in [2.75, 3.05) is 7.05 Å². The average molecular weight is 211 g/mol. The molecule has 0 bridgehead atoms. The number of carboxylic acids is 1. The Labute approximate surface area is 80.3 Å². The minimum absolute atomic E-state index is 0.515. The lowest BCUT2D eigenvalue weighted by Gasteiger charge is -2.12. The summed E-state index contributed by atoms with van der Waals surface area (Å²) in [7, 11) is 1.39. The third-order valence-electron chi connectivity index (χ3n) is 0.940. The molecular weight excluding hydrogens is 202 g/mol. The summed E-state index contributed by atoms with van der Waals surface area (Å²) >= 11 is 7.24. The lowest BCUT2D eigenvalue weighted by atomic mass is 10.6. The standard InChI is InChI=1S/C5H9NO4S2/c1-6-2(7)4(11)10-5(12)3(8)9/h4-5,11-12H,1H3,(H,6,7)(H,8,9). The van der Waals surface area contributed by atoms with Crippen molar-refractivity contribution in [3.8, 4) is 0 Å². The van der Waals surface area contributed by atoms with E-state index in [-0.39, 0.29) is 0 Å². The summed E-state index contributed by atoms with van der Waals surface area (Å²) in [6.07, 6.45) is 0. The van der Waals surface area contributed by atoms with Gasteiger partial charge in [0.2, 0.25) is 0 Å². The SMILES string of the molecule is CNC(=O)C(S)OC(S)C(=O)O. The molecule has 0 fully saturated rings. The molecular formula is C5H9NO4S2. The second kappa shape index (κ2) is 5.28. The highest BCUT2D eigenvalue weighted by molar-refractivity contribution is 7.82. The highest BCUT2D eigenvalue weighted by Crippen LogP contribution is 2.06. The van der Waals surface area contributed by atoms with Gasteiger partial charge >= 0.3 is 5.97 Å². The Hall–Kier alpha value is -0.400. The molecule has 2 atom stereocenters. The van der Waals surface area contributed by atoms with Crippen molar-refractivity contribution in [1.82, 2.24) is 5.32 Å². The number of nitrogens with one attached hydrogen (secondary N) is 1. The Morgan fingerprint density at radius 3 is 2.25 bits per heavy atom. The Morgan fingerprint density at radius 2 is 1.92 bits per heavy atom. The fourth-order valence-electron chi connectivity index (χ4n) is 0.366. The monoisotopic (exact) mass is 211 g/mol. The molecule has 0 spiro atoms. The van der Waals surface area contributed by atoms with E-state index in [1.165, 1.54) is 7.05 Å². The Kier molecular flexibility index (Phi) is 5.11. The van der Waals surface area contributed by atoms with Crippen LogP contribution < -0.4 is 5.32 Å². The first-order chi connectivity index (χ1) is 5.49. The van der Waals surface area contributed by atoms with E-state index in [9.17, 15) is 9.59 Å². The number of rotatable bonds is 4. The highest BCUT2D eigenvalue weighted by Gasteiger charge is 2.20. The van der Waals surface area contributed by atoms with E-state index in [2.05, 4.69) is 35.3 Å². The number of amides is 1. The predicted octanol–water partition coefficient (Wildman–Crippen LogP) is -0.655. The number of likely N-dealkylation sites (N-methyl/N-ethyl adjacent to an activating group) is 1. The number of thiol groups is 2. The van der Waals surface area contributed by atoms with E-state index >= 15 is 0 Å². The van der Waals surface area contributed by atoms with Gasteiger partial charge in [0.05, 0.1) is 0 Å². The molecule has 0 rings (SSSR count). The zero-order valence-corrected chi connectivity index (χ0v) is 8.01. The second-order valence-electron chi connectivity index (χ2n) is 1.79. The Morgan fingerprint density at radius 1 is 1.42 bits per heavy atom. The summed E-state index contributed by atoms with van der Waals surface area (Å²) in [5.41, 5.74) is -2.46. The molecule has 0 aliphatic carbocycles. The van der Waals surface area contributed by atoms with E-state index in [4.69, 9.17) is 5.11 Å². The van der Waals surface area contributed by atoms with Crippen LogP contribution >= 0.6 is 25.3 Å². The maximum Gasteiger partial charge on any atom is 0.343 e. The fourth-order valence-corrected chi connectivity index (χ4v) is 0.834. The van der Waals surface area contributed by atoms with Crippen molar-refractivity contribution in [3.05, 3.63) is 0 Å².